The number of rotatable bonds is 6. The SMILES string of the molecule is COC(=O)[C@H](Cc1cccc2c1ccn2C(=O)OC(C)(C)C)NC(=O)OCc1ccccc1. The lowest BCUT2D eigenvalue weighted by Gasteiger charge is -2.20. The Morgan fingerprint density at radius 1 is 1.00 bits per heavy atom. The van der Waals surface area contributed by atoms with Gasteiger partial charge >= 0.3 is 18.2 Å². The van der Waals surface area contributed by atoms with E-state index in [0.717, 1.165) is 16.5 Å². The summed E-state index contributed by atoms with van der Waals surface area (Å²) in [5.74, 6) is -0.602. The van der Waals surface area contributed by atoms with Gasteiger partial charge < -0.3 is 19.5 Å². The number of fused-ring (bicyclic) bond motifs is 1. The molecule has 0 fully saturated rings. The van der Waals surface area contributed by atoms with Gasteiger partial charge in [-0.15, -0.1) is 0 Å². The predicted octanol–water partition coefficient (Wildman–Crippen LogP) is 4.44. The topological polar surface area (TPSA) is 95.9 Å². The molecule has 1 heterocycles. The number of amides is 1. The minimum absolute atomic E-state index is 0.0783. The number of aromatic nitrogens is 1. The Balaban J connectivity index is 1.76. The monoisotopic (exact) mass is 452 g/mol. The van der Waals surface area contributed by atoms with Crippen molar-refractivity contribution in [3.8, 4) is 0 Å². The first kappa shape index (κ1) is 23.8. The van der Waals surface area contributed by atoms with Crippen molar-refractivity contribution < 1.29 is 28.6 Å². The molecule has 1 N–H and O–H groups in total. The fourth-order valence-corrected chi connectivity index (χ4v) is 3.34. The fourth-order valence-electron chi connectivity index (χ4n) is 3.34. The highest BCUT2D eigenvalue weighted by Crippen LogP contribution is 2.23. The van der Waals surface area contributed by atoms with Gasteiger partial charge in [0.1, 0.15) is 18.2 Å². The van der Waals surface area contributed by atoms with Crippen LogP contribution in [0.3, 0.4) is 0 Å². The third-order valence-corrected chi connectivity index (χ3v) is 4.83. The van der Waals surface area contributed by atoms with E-state index in [9.17, 15) is 14.4 Å². The first-order valence-corrected chi connectivity index (χ1v) is 10.6. The van der Waals surface area contributed by atoms with E-state index >= 15 is 0 Å². The van der Waals surface area contributed by atoms with Crippen LogP contribution in [0, 0.1) is 0 Å². The third kappa shape index (κ3) is 6.35. The molecule has 0 aliphatic heterocycles. The molecule has 0 unspecified atom stereocenters. The summed E-state index contributed by atoms with van der Waals surface area (Å²) in [6, 6.07) is 15.4. The Labute approximate surface area is 192 Å². The van der Waals surface area contributed by atoms with Gasteiger partial charge in [-0.2, -0.15) is 0 Å². The quantitative estimate of drug-likeness (QED) is 0.439. The minimum atomic E-state index is -0.964. The molecule has 8 heteroatoms. The fraction of sp³-hybridized carbons (Fsp3) is 0.320. The van der Waals surface area contributed by atoms with Crippen molar-refractivity contribution >= 4 is 29.1 Å². The number of nitrogens with zero attached hydrogens (tertiary/aromatic N) is 1. The van der Waals surface area contributed by atoms with Crippen molar-refractivity contribution in [3.63, 3.8) is 0 Å². The number of alkyl carbamates (subject to hydrolysis) is 1. The van der Waals surface area contributed by atoms with Crippen molar-refractivity contribution in [2.24, 2.45) is 0 Å². The molecule has 0 saturated heterocycles. The van der Waals surface area contributed by atoms with Crippen LogP contribution in [0.15, 0.2) is 60.8 Å². The highest BCUT2D eigenvalue weighted by Gasteiger charge is 2.25. The van der Waals surface area contributed by atoms with E-state index in [-0.39, 0.29) is 13.0 Å². The number of hydrogen-bond donors (Lipinski definition) is 1. The van der Waals surface area contributed by atoms with E-state index < -0.39 is 29.8 Å². The second-order valence-corrected chi connectivity index (χ2v) is 8.50. The second kappa shape index (κ2) is 10.2. The summed E-state index contributed by atoms with van der Waals surface area (Å²) in [4.78, 5) is 37.2. The molecule has 3 aromatic rings. The van der Waals surface area contributed by atoms with Crippen molar-refractivity contribution in [3.05, 3.63) is 71.9 Å². The standard InChI is InChI=1S/C25H28N2O6/c1-25(2,3)33-24(30)27-14-13-19-18(11-8-12-21(19)27)15-20(22(28)31-4)26-23(29)32-16-17-9-6-5-7-10-17/h5-14,20H,15-16H2,1-4H3,(H,26,29)/t20-/m0/s1. The van der Waals surface area contributed by atoms with Gasteiger partial charge in [0.05, 0.1) is 12.6 Å². The molecule has 2 aromatic carbocycles. The predicted molar refractivity (Wildman–Crippen MR) is 123 cm³/mol. The average Bonchev–Trinajstić information content (AvgIpc) is 3.21. The Morgan fingerprint density at radius 2 is 1.73 bits per heavy atom. The Hall–Kier alpha value is -3.81. The number of carbonyl (C=O) groups is 3. The van der Waals surface area contributed by atoms with Gasteiger partial charge in [-0.05, 0) is 44.0 Å². The zero-order chi connectivity index (χ0) is 24.0. The Kier molecular flexibility index (Phi) is 7.37. The molecule has 3 rings (SSSR count). The van der Waals surface area contributed by atoms with Crippen LogP contribution in [0.2, 0.25) is 0 Å². The number of methoxy groups -OCH3 is 1. The van der Waals surface area contributed by atoms with Gasteiger partial charge in [0, 0.05) is 18.0 Å². The average molecular weight is 453 g/mol. The van der Waals surface area contributed by atoms with Crippen LogP contribution in [0.1, 0.15) is 31.9 Å². The number of benzene rings is 2. The van der Waals surface area contributed by atoms with Gasteiger partial charge in [-0.3, -0.25) is 4.57 Å². The summed E-state index contributed by atoms with van der Waals surface area (Å²) in [5.41, 5.74) is 1.59. The van der Waals surface area contributed by atoms with E-state index in [4.69, 9.17) is 14.2 Å². The molecular formula is C25H28N2O6. The number of carbonyl (C=O) groups excluding carboxylic acids is 3. The summed E-state index contributed by atoms with van der Waals surface area (Å²) in [6.07, 6.45) is 0.550. The number of ether oxygens (including phenoxy) is 3. The lowest BCUT2D eigenvalue weighted by Crippen LogP contribution is -2.43. The molecule has 174 valence electrons. The molecule has 0 saturated carbocycles. The van der Waals surface area contributed by atoms with Crippen LogP contribution in [-0.4, -0.2) is 41.5 Å². The number of esters is 1. The highest BCUT2D eigenvalue weighted by atomic mass is 16.6. The van der Waals surface area contributed by atoms with E-state index in [1.54, 1.807) is 45.2 Å². The third-order valence-electron chi connectivity index (χ3n) is 4.83. The smallest absolute Gasteiger partial charge is 0.418 e. The van der Waals surface area contributed by atoms with Gasteiger partial charge in [-0.1, -0.05) is 42.5 Å². The lowest BCUT2D eigenvalue weighted by atomic mass is 10.0. The van der Waals surface area contributed by atoms with Crippen molar-refractivity contribution in [1.29, 1.82) is 0 Å². The van der Waals surface area contributed by atoms with Crippen LogP contribution in [-0.2, 0) is 32.0 Å². The zero-order valence-electron chi connectivity index (χ0n) is 19.2. The summed E-state index contributed by atoms with van der Waals surface area (Å²) in [5, 5.41) is 3.34. The molecule has 0 aliphatic rings. The molecule has 1 aromatic heterocycles. The van der Waals surface area contributed by atoms with Gasteiger partial charge in [0.15, 0.2) is 0 Å². The molecule has 8 nitrogen and oxygen atoms in total. The van der Waals surface area contributed by atoms with Crippen LogP contribution in [0.5, 0.6) is 0 Å². The normalized spacial score (nSPS) is 12.1. The minimum Gasteiger partial charge on any atom is -0.467 e. The maximum absolute atomic E-state index is 12.6. The van der Waals surface area contributed by atoms with Crippen LogP contribution < -0.4 is 5.32 Å². The second-order valence-electron chi connectivity index (χ2n) is 8.50. The lowest BCUT2D eigenvalue weighted by molar-refractivity contribution is -0.143. The Morgan fingerprint density at radius 3 is 2.39 bits per heavy atom. The molecule has 1 atom stereocenters. The largest absolute Gasteiger partial charge is 0.467 e. The summed E-state index contributed by atoms with van der Waals surface area (Å²) >= 11 is 0. The molecule has 1 amide bonds. The van der Waals surface area contributed by atoms with Crippen molar-refractivity contribution in [2.75, 3.05) is 7.11 Å². The van der Waals surface area contributed by atoms with E-state index in [1.165, 1.54) is 11.7 Å². The van der Waals surface area contributed by atoms with E-state index in [2.05, 4.69) is 5.32 Å². The van der Waals surface area contributed by atoms with Crippen LogP contribution >= 0.6 is 0 Å². The molecule has 0 radical (unpaired) electrons. The van der Waals surface area contributed by atoms with Crippen LogP contribution in [0.25, 0.3) is 10.9 Å². The van der Waals surface area contributed by atoms with Crippen molar-refractivity contribution in [2.45, 2.75) is 45.4 Å². The zero-order valence-corrected chi connectivity index (χ0v) is 19.2. The first-order valence-electron chi connectivity index (χ1n) is 10.6. The highest BCUT2D eigenvalue weighted by molar-refractivity contribution is 5.92. The molecule has 0 bridgehead atoms. The maximum atomic E-state index is 12.6. The maximum Gasteiger partial charge on any atom is 0.418 e. The van der Waals surface area contributed by atoms with Gasteiger partial charge in [0.25, 0.3) is 0 Å². The van der Waals surface area contributed by atoms with Crippen molar-refractivity contribution in [1.82, 2.24) is 9.88 Å². The Bertz CT molecular complexity index is 1130. The summed E-state index contributed by atoms with van der Waals surface area (Å²) < 4.78 is 17.0. The van der Waals surface area contributed by atoms with E-state index in [0.29, 0.717) is 5.52 Å². The number of nitrogens with one attached hydrogen (secondary N) is 1. The summed E-state index contributed by atoms with van der Waals surface area (Å²) in [7, 11) is 1.26. The molecular weight excluding hydrogens is 424 g/mol. The number of hydrogen-bond acceptors (Lipinski definition) is 6. The molecule has 33 heavy (non-hydrogen) atoms. The van der Waals surface area contributed by atoms with Crippen LogP contribution in [0.4, 0.5) is 9.59 Å². The molecule has 0 spiro atoms. The molecule has 0 aliphatic carbocycles. The van der Waals surface area contributed by atoms with E-state index in [1.807, 2.05) is 36.4 Å². The summed E-state index contributed by atoms with van der Waals surface area (Å²) in [6.45, 7) is 5.47. The first-order chi connectivity index (χ1) is 15.7. The van der Waals surface area contributed by atoms with Gasteiger partial charge in [-0.25, -0.2) is 14.4 Å². The van der Waals surface area contributed by atoms with Gasteiger partial charge in [0.2, 0.25) is 0 Å².